The minimum Gasteiger partial charge on any atom is -0.497 e. The van der Waals surface area contributed by atoms with Gasteiger partial charge in [0.05, 0.1) is 13.2 Å². The minimum atomic E-state index is -0.407. The summed E-state index contributed by atoms with van der Waals surface area (Å²) in [5, 5.41) is 13.5. The lowest BCUT2D eigenvalue weighted by molar-refractivity contribution is 0.136. The average molecular weight is 250 g/mol. The summed E-state index contributed by atoms with van der Waals surface area (Å²) < 4.78 is 5.17. The lowest BCUT2D eigenvalue weighted by atomic mass is 10.1. The summed E-state index contributed by atoms with van der Waals surface area (Å²) >= 11 is 0. The first kappa shape index (κ1) is 13.3. The van der Waals surface area contributed by atoms with Gasteiger partial charge in [-0.1, -0.05) is 12.1 Å². The molecule has 1 atom stereocenters. The summed E-state index contributed by atoms with van der Waals surface area (Å²) in [6.07, 6.45) is 0.364. The predicted octanol–water partition coefficient (Wildman–Crippen LogP) is 1.02. The first-order valence-corrected chi connectivity index (χ1v) is 6.54. The third-order valence-electron chi connectivity index (χ3n) is 3.41. The molecule has 0 bridgehead atoms. The smallest absolute Gasteiger partial charge is 0.119 e. The van der Waals surface area contributed by atoms with Crippen molar-refractivity contribution in [3.63, 3.8) is 0 Å². The van der Waals surface area contributed by atoms with Gasteiger partial charge in [-0.15, -0.1) is 0 Å². The van der Waals surface area contributed by atoms with Gasteiger partial charge < -0.3 is 20.1 Å². The topological polar surface area (TPSA) is 44.7 Å². The van der Waals surface area contributed by atoms with Gasteiger partial charge in [-0.05, 0) is 24.1 Å². The predicted molar refractivity (Wildman–Crippen MR) is 71.9 cm³/mol. The molecular formula is C14H22N2O2. The van der Waals surface area contributed by atoms with Gasteiger partial charge in [0.15, 0.2) is 0 Å². The maximum atomic E-state index is 10.2. The molecule has 18 heavy (non-hydrogen) atoms. The molecule has 2 N–H and O–H groups in total. The first-order valence-electron chi connectivity index (χ1n) is 6.54. The average Bonchev–Trinajstić information content (AvgIpc) is 2.46. The van der Waals surface area contributed by atoms with E-state index >= 15 is 0 Å². The Bertz CT molecular complexity index is 365. The van der Waals surface area contributed by atoms with Crippen LogP contribution in [0.25, 0.3) is 0 Å². The summed E-state index contributed by atoms with van der Waals surface area (Å²) in [7, 11) is 1.65. The van der Waals surface area contributed by atoms with Crippen LogP contribution < -0.4 is 10.1 Å². The van der Waals surface area contributed by atoms with Crippen LogP contribution in [0.4, 0.5) is 0 Å². The fourth-order valence-corrected chi connectivity index (χ4v) is 2.26. The number of ether oxygens (including phenoxy) is 1. The molecule has 1 saturated heterocycles. The number of aliphatic hydroxyl groups is 1. The van der Waals surface area contributed by atoms with Gasteiger partial charge in [0.25, 0.3) is 0 Å². The van der Waals surface area contributed by atoms with E-state index in [1.54, 1.807) is 7.11 Å². The Balaban J connectivity index is 1.84. The van der Waals surface area contributed by atoms with Crippen LogP contribution in [0, 0.1) is 0 Å². The number of nitrogens with one attached hydrogen (secondary N) is 1. The van der Waals surface area contributed by atoms with Crippen molar-refractivity contribution in [2.75, 3.05) is 39.8 Å². The van der Waals surface area contributed by atoms with E-state index in [9.17, 15) is 5.11 Å². The zero-order chi connectivity index (χ0) is 12.8. The van der Waals surface area contributed by atoms with E-state index in [0.29, 0.717) is 0 Å². The molecular weight excluding hydrogens is 228 g/mol. The van der Waals surface area contributed by atoms with Crippen LogP contribution in [0.15, 0.2) is 24.3 Å². The fourth-order valence-electron chi connectivity index (χ4n) is 2.26. The van der Waals surface area contributed by atoms with Crippen molar-refractivity contribution in [2.45, 2.75) is 12.5 Å². The summed E-state index contributed by atoms with van der Waals surface area (Å²) in [4.78, 5) is 2.39. The molecule has 0 aliphatic carbocycles. The molecule has 4 nitrogen and oxygen atoms in total. The Kier molecular flexibility index (Phi) is 4.99. The van der Waals surface area contributed by atoms with Gasteiger partial charge in [-0.2, -0.15) is 0 Å². The molecule has 1 aromatic carbocycles. The maximum absolute atomic E-state index is 10.2. The number of nitrogens with zero attached hydrogens (tertiary/aromatic N) is 1. The Morgan fingerprint density at radius 1 is 1.39 bits per heavy atom. The molecule has 2 rings (SSSR count). The van der Waals surface area contributed by atoms with Crippen LogP contribution in [0.2, 0.25) is 0 Å². The molecule has 0 amide bonds. The lowest BCUT2D eigenvalue weighted by Crippen LogP contribution is -2.44. The third-order valence-corrected chi connectivity index (χ3v) is 3.41. The molecule has 1 aromatic rings. The molecule has 0 spiro atoms. The molecule has 0 radical (unpaired) electrons. The van der Waals surface area contributed by atoms with E-state index in [1.807, 2.05) is 24.3 Å². The van der Waals surface area contributed by atoms with Gasteiger partial charge in [-0.3, -0.25) is 0 Å². The number of hydrogen-bond donors (Lipinski definition) is 2. The number of benzene rings is 1. The third kappa shape index (κ3) is 3.70. The second-order valence-electron chi connectivity index (χ2n) is 4.67. The fraction of sp³-hybridized carbons (Fsp3) is 0.571. The minimum absolute atomic E-state index is 0.407. The highest BCUT2D eigenvalue weighted by atomic mass is 16.5. The van der Waals surface area contributed by atoms with E-state index in [2.05, 4.69) is 10.2 Å². The summed E-state index contributed by atoms with van der Waals surface area (Å²) in [6, 6.07) is 7.67. The van der Waals surface area contributed by atoms with Crippen LogP contribution in [-0.2, 0) is 0 Å². The Labute approximate surface area is 109 Å². The van der Waals surface area contributed by atoms with Crippen molar-refractivity contribution >= 4 is 0 Å². The maximum Gasteiger partial charge on any atom is 0.119 e. The molecule has 0 aromatic heterocycles. The van der Waals surface area contributed by atoms with Crippen LogP contribution in [-0.4, -0.2) is 49.8 Å². The molecule has 0 saturated carbocycles. The molecule has 1 aliphatic heterocycles. The second-order valence-corrected chi connectivity index (χ2v) is 4.67. The van der Waals surface area contributed by atoms with Gasteiger partial charge in [0, 0.05) is 32.7 Å². The Morgan fingerprint density at radius 3 is 2.89 bits per heavy atom. The quantitative estimate of drug-likeness (QED) is 0.819. The van der Waals surface area contributed by atoms with E-state index in [1.165, 1.54) is 0 Å². The first-order chi connectivity index (χ1) is 8.79. The zero-order valence-corrected chi connectivity index (χ0v) is 10.9. The highest BCUT2D eigenvalue weighted by Gasteiger charge is 2.13. The highest BCUT2D eigenvalue weighted by Crippen LogP contribution is 2.21. The van der Waals surface area contributed by atoms with E-state index < -0.39 is 6.10 Å². The summed E-state index contributed by atoms with van der Waals surface area (Å²) in [5.74, 6) is 0.800. The van der Waals surface area contributed by atoms with E-state index in [0.717, 1.165) is 50.5 Å². The highest BCUT2D eigenvalue weighted by molar-refractivity contribution is 5.29. The Hall–Kier alpha value is -1.10. The van der Waals surface area contributed by atoms with Crippen molar-refractivity contribution in [1.29, 1.82) is 0 Å². The number of rotatable bonds is 5. The van der Waals surface area contributed by atoms with E-state index in [4.69, 9.17) is 4.74 Å². The largest absolute Gasteiger partial charge is 0.497 e. The summed E-state index contributed by atoms with van der Waals surface area (Å²) in [5.41, 5.74) is 0.935. The normalized spacial score (nSPS) is 18.6. The van der Waals surface area contributed by atoms with Crippen molar-refractivity contribution in [3.8, 4) is 5.75 Å². The molecule has 1 aliphatic rings. The number of methoxy groups -OCH3 is 1. The van der Waals surface area contributed by atoms with Gasteiger partial charge in [-0.25, -0.2) is 0 Å². The van der Waals surface area contributed by atoms with Crippen molar-refractivity contribution in [1.82, 2.24) is 10.2 Å². The number of aliphatic hydroxyl groups excluding tert-OH is 1. The molecule has 1 unspecified atom stereocenters. The van der Waals surface area contributed by atoms with Crippen LogP contribution in [0.3, 0.4) is 0 Å². The molecule has 100 valence electrons. The van der Waals surface area contributed by atoms with Crippen LogP contribution in [0.1, 0.15) is 18.1 Å². The SMILES string of the molecule is COc1cccc(C(O)CCN2CCNCC2)c1. The van der Waals surface area contributed by atoms with Crippen molar-refractivity contribution in [2.24, 2.45) is 0 Å². The standard InChI is InChI=1S/C14H22N2O2/c1-18-13-4-2-3-12(11-13)14(17)5-8-16-9-6-15-7-10-16/h2-4,11,14-15,17H,5-10H2,1H3. The number of piperazine rings is 1. The monoisotopic (exact) mass is 250 g/mol. The van der Waals surface area contributed by atoms with Crippen molar-refractivity contribution < 1.29 is 9.84 Å². The Morgan fingerprint density at radius 2 is 2.17 bits per heavy atom. The molecule has 4 heteroatoms. The van der Waals surface area contributed by atoms with Gasteiger partial charge in [0.2, 0.25) is 0 Å². The van der Waals surface area contributed by atoms with Gasteiger partial charge in [0.1, 0.15) is 5.75 Å². The molecule has 1 fully saturated rings. The lowest BCUT2D eigenvalue weighted by Gasteiger charge is -2.28. The zero-order valence-electron chi connectivity index (χ0n) is 10.9. The number of hydrogen-bond acceptors (Lipinski definition) is 4. The molecule has 1 heterocycles. The second kappa shape index (κ2) is 6.73. The van der Waals surface area contributed by atoms with Crippen LogP contribution >= 0.6 is 0 Å². The summed E-state index contributed by atoms with van der Waals surface area (Å²) in [6.45, 7) is 5.19. The van der Waals surface area contributed by atoms with Gasteiger partial charge >= 0.3 is 0 Å². The van der Waals surface area contributed by atoms with E-state index in [-0.39, 0.29) is 0 Å². The van der Waals surface area contributed by atoms with Crippen LogP contribution in [0.5, 0.6) is 5.75 Å². The van der Waals surface area contributed by atoms with Crippen molar-refractivity contribution in [3.05, 3.63) is 29.8 Å².